The minimum absolute atomic E-state index is 0.133. The van der Waals surface area contributed by atoms with Gasteiger partial charge in [-0.2, -0.15) is 0 Å². The first-order chi connectivity index (χ1) is 5.79. The van der Waals surface area contributed by atoms with Gasteiger partial charge in [0.05, 0.1) is 6.21 Å². The van der Waals surface area contributed by atoms with E-state index in [9.17, 15) is 0 Å². The fourth-order valence-corrected chi connectivity index (χ4v) is 0.701. The first-order valence-corrected chi connectivity index (χ1v) is 3.94. The molecule has 2 nitrogen and oxygen atoms in total. The van der Waals surface area contributed by atoms with Crippen molar-refractivity contribution >= 4 is 6.21 Å². The molecule has 0 spiro atoms. The molecule has 0 amide bonds. The fraction of sp³-hybridized carbons (Fsp3) is 0.300. The maximum atomic E-state index is 5.00. The zero-order valence-corrected chi connectivity index (χ0v) is 7.32. The minimum Gasteiger partial charge on any atom is -0.393 e. The maximum Gasteiger partial charge on any atom is 0.122 e. The Morgan fingerprint density at radius 2 is 2.42 bits per heavy atom. The second kappa shape index (κ2) is 4.54. The number of benzene rings is 1. The summed E-state index contributed by atoms with van der Waals surface area (Å²) < 4.78 is 0. The summed E-state index contributed by atoms with van der Waals surface area (Å²) in [6.45, 7) is 3.88. The van der Waals surface area contributed by atoms with E-state index in [1.165, 1.54) is 0 Å². The van der Waals surface area contributed by atoms with Crippen LogP contribution in [0.15, 0.2) is 29.4 Å². The normalized spacial score (nSPS) is 10.9. The lowest BCUT2D eigenvalue weighted by Gasteiger charge is -1.99. The molecule has 0 saturated heterocycles. The summed E-state index contributed by atoms with van der Waals surface area (Å²) in [6, 6.07) is 10.5. The molecule has 1 aromatic rings. The summed E-state index contributed by atoms with van der Waals surface area (Å²) in [6.07, 6.45) is 1.81. The van der Waals surface area contributed by atoms with Gasteiger partial charge in [-0.25, -0.2) is 0 Å². The average molecular weight is 162 g/mol. The molecule has 1 radical (unpaired) electrons. The van der Waals surface area contributed by atoms with Crippen LogP contribution in [-0.4, -0.2) is 12.3 Å². The number of nitrogens with zero attached hydrogens (tertiary/aromatic N) is 1. The van der Waals surface area contributed by atoms with Gasteiger partial charge >= 0.3 is 0 Å². The summed E-state index contributed by atoms with van der Waals surface area (Å²) >= 11 is 0. The Bertz CT molecular complexity index is 241. The smallest absolute Gasteiger partial charge is 0.122 e. The van der Waals surface area contributed by atoms with Crippen molar-refractivity contribution in [1.29, 1.82) is 0 Å². The summed E-state index contributed by atoms with van der Waals surface area (Å²) in [7, 11) is 0. The third-order valence-electron chi connectivity index (χ3n) is 1.20. The number of rotatable bonds is 3. The van der Waals surface area contributed by atoms with Crippen molar-refractivity contribution < 1.29 is 4.84 Å². The highest BCUT2D eigenvalue weighted by atomic mass is 16.6. The van der Waals surface area contributed by atoms with E-state index in [4.69, 9.17) is 4.84 Å². The van der Waals surface area contributed by atoms with Crippen LogP contribution in [0.5, 0.6) is 0 Å². The Kier molecular flexibility index (Phi) is 3.33. The molecular formula is C10H12NO. The molecule has 0 saturated carbocycles. The van der Waals surface area contributed by atoms with Crippen LogP contribution in [0.2, 0.25) is 0 Å². The summed E-state index contributed by atoms with van der Waals surface area (Å²) in [5, 5.41) is 3.80. The quantitative estimate of drug-likeness (QED) is 0.493. The number of hydrogen-bond acceptors (Lipinski definition) is 2. The topological polar surface area (TPSA) is 21.6 Å². The van der Waals surface area contributed by atoms with Gasteiger partial charge in [0, 0.05) is 0 Å². The lowest BCUT2D eigenvalue weighted by atomic mass is 10.2. The van der Waals surface area contributed by atoms with Crippen LogP contribution in [0.25, 0.3) is 0 Å². The SMILES string of the molecule is CC(C)O/N=C/c1c[c]ccc1. The van der Waals surface area contributed by atoms with Crippen LogP contribution >= 0.6 is 0 Å². The Balaban J connectivity index is 2.47. The number of oxime groups is 1. The van der Waals surface area contributed by atoms with Gasteiger partial charge in [0.15, 0.2) is 0 Å². The molecule has 0 atom stereocenters. The van der Waals surface area contributed by atoms with Gasteiger partial charge in [0.25, 0.3) is 0 Å². The van der Waals surface area contributed by atoms with Crippen molar-refractivity contribution in [2.75, 3.05) is 0 Å². The predicted molar refractivity (Wildman–Crippen MR) is 49.1 cm³/mol. The molecular weight excluding hydrogens is 150 g/mol. The Labute approximate surface area is 72.9 Å². The van der Waals surface area contributed by atoms with Crippen LogP contribution in [0, 0.1) is 6.07 Å². The standard InChI is InChI=1S/C10H12NO/c1-9(2)12-11-8-10-6-4-3-5-7-10/h3-4,6-9H,1-2H3/b11-8+. The van der Waals surface area contributed by atoms with Crippen LogP contribution in [0.1, 0.15) is 19.4 Å². The third kappa shape index (κ3) is 3.19. The Morgan fingerprint density at radius 3 is 3.00 bits per heavy atom. The summed E-state index contributed by atoms with van der Waals surface area (Å²) in [4.78, 5) is 5.00. The highest BCUT2D eigenvalue weighted by Crippen LogP contribution is 1.94. The van der Waals surface area contributed by atoms with Crippen molar-refractivity contribution in [3.63, 3.8) is 0 Å². The second-order valence-electron chi connectivity index (χ2n) is 2.73. The molecule has 0 aromatic heterocycles. The van der Waals surface area contributed by atoms with E-state index in [0.717, 1.165) is 5.56 Å². The monoisotopic (exact) mass is 162 g/mol. The maximum absolute atomic E-state index is 5.00. The molecule has 0 fully saturated rings. The van der Waals surface area contributed by atoms with Crippen LogP contribution < -0.4 is 0 Å². The summed E-state index contributed by atoms with van der Waals surface area (Å²) in [5.41, 5.74) is 0.998. The number of hydrogen-bond donors (Lipinski definition) is 0. The van der Waals surface area contributed by atoms with E-state index in [1.54, 1.807) is 6.21 Å². The Morgan fingerprint density at radius 1 is 1.58 bits per heavy atom. The summed E-state index contributed by atoms with van der Waals surface area (Å²) in [5.74, 6) is 0. The van der Waals surface area contributed by atoms with Gasteiger partial charge in [0.1, 0.15) is 6.10 Å². The van der Waals surface area contributed by atoms with Crippen molar-refractivity contribution in [3.05, 3.63) is 35.9 Å². The predicted octanol–water partition coefficient (Wildman–Crippen LogP) is 2.25. The van der Waals surface area contributed by atoms with Crippen molar-refractivity contribution in [3.8, 4) is 0 Å². The largest absolute Gasteiger partial charge is 0.393 e. The first-order valence-electron chi connectivity index (χ1n) is 3.94. The molecule has 0 aliphatic rings. The molecule has 63 valence electrons. The molecule has 0 unspecified atom stereocenters. The van der Waals surface area contributed by atoms with E-state index in [1.807, 2.05) is 38.1 Å². The molecule has 0 N–H and O–H groups in total. The van der Waals surface area contributed by atoms with Crippen molar-refractivity contribution in [2.45, 2.75) is 20.0 Å². The molecule has 12 heavy (non-hydrogen) atoms. The Hall–Kier alpha value is -1.31. The molecule has 0 aliphatic carbocycles. The minimum atomic E-state index is 0.133. The first kappa shape index (κ1) is 8.78. The van der Waals surface area contributed by atoms with Crippen molar-refractivity contribution in [2.24, 2.45) is 5.16 Å². The molecule has 0 heterocycles. The van der Waals surface area contributed by atoms with E-state index in [2.05, 4.69) is 11.2 Å². The zero-order valence-electron chi connectivity index (χ0n) is 7.32. The molecule has 0 aliphatic heterocycles. The van der Waals surface area contributed by atoms with E-state index in [-0.39, 0.29) is 6.10 Å². The average Bonchev–Trinajstić information content (AvgIpc) is 2.05. The van der Waals surface area contributed by atoms with Gasteiger partial charge in [0.2, 0.25) is 0 Å². The van der Waals surface area contributed by atoms with E-state index >= 15 is 0 Å². The van der Waals surface area contributed by atoms with Gasteiger partial charge in [-0.1, -0.05) is 23.4 Å². The fourth-order valence-electron chi connectivity index (χ4n) is 0.701. The van der Waals surface area contributed by atoms with Gasteiger partial charge in [-0.3, -0.25) is 0 Å². The van der Waals surface area contributed by atoms with E-state index in [0.29, 0.717) is 0 Å². The lowest BCUT2D eigenvalue weighted by molar-refractivity contribution is 0.0874. The zero-order chi connectivity index (χ0) is 8.81. The van der Waals surface area contributed by atoms with Crippen LogP contribution in [0.3, 0.4) is 0 Å². The van der Waals surface area contributed by atoms with E-state index < -0.39 is 0 Å². The highest BCUT2D eigenvalue weighted by Gasteiger charge is 1.88. The second-order valence-corrected chi connectivity index (χ2v) is 2.73. The lowest BCUT2D eigenvalue weighted by Crippen LogP contribution is -1.95. The molecule has 1 rings (SSSR count). The highest BCUT2D eigenvalue weighted by molar-refractivity contribution is 5.78. The molecule has 1 aromatic carbocycles. The van der Waals surface area contributed by atoms with Crippen LogP contribution in [-0.2, 0) is 4.84 Å². The van der Waals surface area contributed by atoms with Gasteiger partial charge in [-0.05, 0) is 31.5 Å². The molecule has 2 heteroatoms. The van der Waals surface area contributed by atoms with Crippen LogP contribution in [0.4, 0.5) is 0 Å². The van der Waals surface area contributed by atoms with Gasteiger partial charge < -0.3 is 4.84 Å². The molecule has 0 bridgehead atoms. The van der Waals surface area contributed by atoms with Crippen molar-refractivity contribution in [1.82, 2.24) is 0 Å². The third-order valence-corrected chi connectivity index (χ3v) is 1.20. The van der Waals surface area contributed by atoms with Gasteiger partial charge in [-0.15, -0.1) is 0 Å².